The zero-order chi connectivity index (χ0) is 24.8. The maximum atomic E-state index is 14.0. The smallest absolute Gasteiger partial charge is 0.140 e. The number of benzene rings is 3. The molecule has 0 radical (unpaired) electrons. The second-order valence-electron chi connectivity index (χ2n) is 8.86. The molecule has 35 heavy (non-hydrogen) atoms. The average molecular weight is 492 g/mol. The molecular formula is C29H31ClFN3O. The lowest BCUT2D eigenvalue weighted by molar-refractivity contribution is 0.185. The number of nitrogens with zero attached hydrogens (tertiary/aromatic N) is 3. The van der Waals surface area contributed by atoms with Gasteiger partial charge in [-0.3, -0.25) is 4.90 Å². The third-order valence-corrected chi connectivity index (χ3v) is 6.67. The van der Waals surface area contributed by atoms with Crippen molar-refractivity contribution in [1.29, 1.82) is 0 Å². The number of hydrogen-bond donors (Lipinski definition) is 1. The minimum atomic E-state index is -0.269. The van der Waals surface area contributed by atoms with Gasteiger partial charge in [-0.05, 0) is 48.7 Å². The van der Waals surface area contributed by atoms with Gasteiger partial charge in [0.05, 0.1) is 11.9 Å². The standard InChI is InChI=1S/C29H31ClFN3O/c1-3-4-15-34-28(18-32-29(34)23-11-8-12-25(31)16-23)21(2)33(19-22-9-6-5-7-10-22)20-24-13-14-26(35)17-27(24)30/h5-14,16-18,21,35H,3-4,15,19-20H2,1-2H3. The van der Waals surface area contributed by atoms with Gasteiger partial charge in [-0.1, -0.05) is 73.5 Å². The van der Waals surface area contributed by atoms with E-state index in [4.69, 9.17) is 16.6 Å². The molecule has 0 saturated heterocycles. The molecule has 6 heteroatoms. The highest BCUT2D eigenvalue weighted by atomic mass is 35.5. The quantitative estimate of drug-likeness (QED) is 0.248. The number of aromatic hydroxyl groups is 1. The lowest BCUT2D eigenvalue weighted by atomic mass is 10.1. The van der Waals surface area contributed by atoms with Gasteiger partial charge in [-0.2, -0.15) is 0 Å². The third-order valence-electron chi connectivity index (χ3n) is 6.32. The summed E-state index contributed by atoms with van der Waals surface area (Å²) >= 11 is 6.49. The van der Waals surface area contributed by atoms with E-state index in [2.05, 4.69) is 35.4 Å². The Bertz CT molecular complexity index is 1260. The lowest BCUT2D eigenvalue weighted by Gasteiger charge is -2.30. The van der Waals surface area contributed by atoms with Crippen LogP contribution in [-0.4, -0.2) is 19.6 Å². The number of phenolic OH excluding ortho intramolecular Hbond substituents is 1. The van der Waals surface area contributed by atoms with E-state index in [1.807, 2.05) is 36.5 Å². The number of imidazole rings is 1. The molecule has 0 aliphatic rings. The van der Waals surface area contributed by atoms with Crippen LogP contribution in [0, 0.1) is 5.82 Å². The molecule has 1 N–H and O–H groups in total. The van der Waals surface area contributed by atoms with Gasteiger partial charge in [-0.15, -0.1) is 0 Å². The van der Waals surface area contributed by atoms with E-state index >= 15 is 0 Å². The Morgan fingerprint density at radius 3 is 2.54 bits per heavy atom. The Morgan fingerprint density at radius 2 is 1.83 bits per heavy atom. The first-order valence-corrected chi connectivity index (χ1v) is 12.4. The highest BCUT2D eigenvalue weighted by Gasteiger charge is 2.23. The summed E-state index contributed by atoms with van der Waals surface area (Å²) < 4.78 is 16.2. The van der Waals surface area contributed by atoms with Crippen molar-refractivity contribution in [3.05, 3.63) is 107 Å². The zero-order valence-electron chi connectivity index (χ0n) is 20.2. The van der Waals surface area contributed by atoms with Gasteiger partial charge in [0, 0.05) is 36.3 Å². The fraction of sp³-hybridized carbons (Fsp3) is 0.276. The molecule has 0 fully saturated rings. The van der Waals surface area contributed by atoms with Gasteiger partial charge in [-0.25, -0.2) is 9.37 Å². The third kappa shape index (κ3) is 6.11. The first-order valence-electron chi connectivity index (χ1n) is 12.0. The molecule has 4 rings (SSSR count). The number of aromatic nitrogens is 2. The van der Waals surface area contributed by atoms with Gasteiger partial charge in [0.2, 0.25) is 0 Å². The summed E-state index contributed by atoms with van der Waals surface area (Å²) in [5.74, 6) is 0.663. The van der Waals surface area contributed by atoms with E-state index < -0.39 is 0 Å². The molecule has 1 aromatic heterocycles. The van der Waals surface area contributed by atoms with E-state index in [1.165, 1.54) is 17.7 Å². The summed E-state index contributed by atoms with van der Waals surface area (Å²) in [5.41, 5.74) is 3.98. The molecule has 1 heterocycles. The Morgan fingerprint density at radius 1 is 1.03 bits per heavy atom. The molecule has 1 atom stereocenters. The van der Waals surface area contributed by atoms with Crippen LogP contribution in [0.4, 0.5) is 4.39 Å². The van der Waals surface area contributed by atoms with Crippen LogP contribution in [0.5, 0.6) is 5.75 Å². The molecule has 0 aliphatic carbocycles. The lowest BCUT2D eigenvalue weighted by Crippen LogP contribution is -2.28. The number of phenols is 1. The minimum absolute atomic E-state index is 0.00624. The van der Waals surface area contributed by atoms with Gasteiger partial charge in [0.1, 0.15) is 17.4 Å². The predicted octanol–water partition coefficient (Wildman–Crippen LogP) is 7.61. The van der Waals surface area contributed by atoms with Crippen molar-refractivity contribution in [2.75, 3.05) is 0 Å². The summed E-state index contributed by atoms with van der Waals surface area (Å²) in [4.78, 5) is 7.09. The van der Waals surface area contributed by atoms with Crippen molar-refractivity contribution in [2.45, 2.75) is 52.4 Å². The zero-order valence-corrected chi connectivity index (χ0v) is 20.9. The summed E-state index contributed by atoms with van der Waals surface area (Å²) in [6, 6.07) is 22.1. The monoisotopic (exact) mass is 491 g/mol. The number of halogens is 2. The number of unbranched alkanes of at least 4 members (excludes halogenated alkanes) is 1. The average Bonchev–Trinajstić information content (AvgIpc) is 3.28. The molecule has 0 amide bonds. The van der Waals surface area contributed by atoms with Gasteiger partial charge < -0.3 is 9.67 Å². The largest absolute Gasteiger partial charge is 0.508 e. The van der Waals surface area contributed by atoms with Crippen LogP contribution in [0.1, 0.15) is 49.6 Å². The molecule has 0 saturated carbocycles. The van der Waals surface area contributed by atoms with E-state index in [1.54, 1.807) is 18.2 Å². The van der Waals surface area contributed by atoms with Gasteiger partial charge in [0.15, 0.2) is 0 Å². The van der Waals surface area contributed by atoms with Crippen molar-refractivity contribution in [2.24, 2.45) is 0 Å². The summed E-state index contributed by atoms with van der Waals surface area (Å²) in [6.45, 7) is 6.46. The maximum Gasteiger partial charge on any atom is 0.140 e. The van der Waals surface area contributed by atoms with Crippen molar-refractivity contribution >= 4 is 11.6 Å². The molecule has 0 aliphatic heterocycles. The van der Waals surface area contributed by atoms with Gasteiger partial charge >= 0.3 is 0 Å². The van der Waals surface area contributed by atoms with Crippen LogP contribution < -0.4 is 0 Å². The molecule has 0 spiro atoms. The molecule has 4 aromatic rings. The van der Waals surface area contributed by atoms with E-state index in [9.17, 15) is 9.50 Å². The maximum absolute atomic E-state index is 14.0. The van der Waals surface area contributed by atoms with Crippen LogP contribution in [0.2, 0.25) is 5.02 Å². The second kappa shape index (κ2) is 11.5. The summed E-state index contributed by atoms with van der Waals surface area (Å²) in [5, 5.41) is 10.3. The Balaban J connectivity index is 1.72. The van der Waals surface area contributed by atoms with E-state index in [0.29, 0.717) is 18.1 Å². The number of rotatable bonds is 10. The van der Waals surface area contributed by atoms with Crippen LogP contribution in [-0.2, 0) is 19.6 Å². The summed E-state index contributed by atoms with van der Waals surface area (Å²) in [6.07, 6.45) is 3.96. The molecule has 3 aromatic carbocycles. The molecule has 1 unspecified atom stereocenters. The Kier molecular flexibility index (Phi) is 8.21. The Hall–Kier alpha value is -3.15. The molecule has 4 nitrogen and oxygen atoms in total. The minimum Gasteiger partial charge on any atom is -0.508 e. The van der Waals surface area contributed by atoms with Crippen LogP contribution in [0.3, 0.4) is 0 Å². The fourth-order valence-corrected chi connectivity index (χ4v) is 4.58. The molecular weight excluding hydrogens is 461 g/mol. The van der Waals surface area contributed by atoms with Crippen LogP contribution >= 0.6 is 11.6 Å². The summed E-state index contributed by atoms with van der Waals surface area (Å²) in [7, 11) is 0. The van der Waals surface area contributed by atoms with Crippen molar-refractivity contribution in [1.82, 2.24) is 14.5 Å². The normalized spacial score (nSPS) is 12.3. The SMILES string of the molecule is CCCCn1c(C(C)N(Cc2ccccc2)Cc2ccc(O)cc2Cl)cnc1-c1cccc(F)c1. The topological polar surface area (TPSA) is 41.3 Å². The predicted molar refractivity (Wildman–Crippen MR) is 140 cm³/mol. The first kappa shape index (κ1) is 25.0. The fourth-order valence-electron chi connectivity index (χ4n) is 4.35. The van der Waals surface area contributed by atoms with Gasteiger partial charge in [0.25, 0.3) is 0 Å². The molecule has 0 bridgehead atoms. The first-order chi connectivity index (χ1) is 17.0. The molecule has 182 valence electrons. The Labute approximate surface area is 211 Å². The highest BCUT2D eigenvalue weighted by Crippen LogP contribution is 2.31. The van der Waals surface area contributed by atoms with Crippen molar-refractivity contribution < 1.29 is 9.50 Å². The van der Waals surface area contributed by atoms with Crippen molar-refractivity contribution in [3.63, 3.8) is 0 Å². The van der Waals surface area contributed by atoms with E-state index in [0.717, 1.165) is 42.0 Å². The number of hydrogen-bond acceptors (Lipinski definition) is 3. The second-order valence-corrected chi connectivity index (χ2v) is 9.27. The van der Waals surface area contributed by atoms with E-state index in [-0.39, 0.29) is 17.6 Å². The van der Waals surface area contributed by atoms with Crippen LogP contribution in [0.25, 0.3) is 11.4 Å². The van der Waals surface area contributed by atoms with Crippen LogP contribution in [0.15, 0.2) is 79.0 Å². The highest BCUT2D eigenvalue weighted by molar-refractivity contribution is 6.31. The van der Waals surface area contributed by atoms with Crippen molar-refractivity contribution in [3.8, 4) is 17.1 Å².